The van der Waals surface area contributed by atoms with Crippen LogP contribution >= 0.6 is 12.4 Å². The number of hydrogen-bond donors (Lipinski definition) is 2. The maximum absolute atomic E-state index is 12.2. The van der Waals surface area contributed by atoms with E-state index in [1.54, 1.807) is 43.5 Å². The van der Waals surface area contributed by atoms with Gasteiger partial charge in [-0.25, -0.2) is 13.1 Å². The quantitative estimate of drug-likeness (QED) is 0.599. The number of hydrogen-bond acceptors (Lipinski definition) is 5. The van der Waals surface area contributed by atoms with E-state index in [0.717, 1.165) is 18.7 Å². The Kier molecular flexibility index (Phi) is 9.43. The first-order valence-electron chi connectivity index (χ1n) is 8.17. The molecule has 0 unspecified atom stereocenters. The van der Waals surface area contributed by atoms with Gasteiger partial charge in [0.1, 0.15) is 17.2 Å². The van der Waals surface area contributed by atoms with Gasteiger partial charge in [0.2, 0.25) is 10.0 Å². The van der Waals surface area contributed by atoms with E-state index in [0.29, 0.717) is 24.6 Å². The molecule has 0 bridgehead atoms. The van der Waals surface area contributed by atoms with Gasteiger partial charge in [-0.1, -0.05) is 6.92 Å². The lowest BCUT2D eigenvalue weighted by Gasteiger charge is -2.09. The summed E-state index contributed by atoms with van der Waals surface area (Å²) < 4.78 is 37.8. The van der Waals surface area contributed by atoms with Gasteiger partial charge >= 0.3 is 0 Å². The topological polar surface area (TPSA) is 76.7 Å². The van der Waals surface area contributed by atoms with Crippen LogP contribution in [0.4, 0.5) is 0 Å². The molecule has 0 radical (unpaired) electrons. The molecule has 8 heteroatoms. The van der Waals surface area contributed by atoms with Gasteiger partial charge in [0.25, 0.3) is 0 Å². The monoisotopic (exact) mass is 400 g/mol. The summed E-state index contributed by atoms with van der Waals surface area (Å²) in [5.41, 5.74) is 0. The van der Waals surface area contributed by atoms with Crippen LogP contribution in [0.2, 0.25) is 0 Å². The molecule has 0 fully saturated rings. The Morgan fingerprint density at radius 1 is 0.846 bits per heavy atom. The van der Waals surface area contributed by atoms with Gasteiger partial charge < -0.3 is 14.8 Å². The second-order valence-corrected chi connectivity index (χ2v) is 7.16. The molecule has 26 heavy (non-hydrogen) atoms. The molecule has 0 amide bonds. The molecule has 144 valence electrons. The molecular weight excluding hydrogens is 376 g/mol. The molecule has 0 heterocycles. The summed E-state index contributed by atoms with van der Waals surface area (Å²) in [6.45, 7) is 3.89. The maximum atomic E-state index is 12.2. The summed E-state index contributed by atoms with van der Waals surface area (Å²) in [6, 6.07) is 13.5. The van der Waals surface area contributed by atoms with Crippen LogP contribution in [0.25, 0.3) is 0 Å². The largest absolute Gasteiger partial charge is 0.497 e. The van der Waals surface area contributed by atoms with Crippen molar-refractivity contribution >= 4 is 22.4 Å². The molecule has 2 N–H and O–H groups in total. The highest BCUT2D eigenvalue weighted by Gasteiger charge is 2.13. The van der Waals surface area contributed by atoms with Gasteiger partial charge in [0, 0.05) is 13.1 Å². The van der Waals surface area contributed by atoms with Crippen molar-refractivity contribution in [3.8, 4) is 17.2 Å². The third-order valence-corrected chi connectivity index (χ3v) is 4.93. The number of rotatable bonds is 10. The minimum atomic E-state index is -3.51. The molecule has 0 saturated heterocycles. The Morgan fingerprint density at radius 3 is 1.92 bits per heavy atom. The van der Waals surface area contributed by atoms with Gasteiger partial charge in [0.05, 0.1) is 12.0 Å². The van der Waals surface area contributed by atoms with Gasteiger partial charge in [-0.3, -0.25) is 0 Å². The lowest BCUT2D eigenvalue weighted by atomic mass is 10.3. The van der Waals surface area contributed by atoms with Crippen molar-refractivity contribution in [2.24, 2.45) is 0 Å². The highest BCUT2D eigenvalue weighted by atomic mass is 35.5. The molecule has 0 aliphatic carbocycles. The zero-order valence-corrected chi connectivity index (χ0v) is 16.5. The minimum Gasteiger partial charge on any atom is -0.497 e. The van der Waals surface area contributed by atoms with E-state index >= 15 is 0 Å². The van der Waals surface area contributed by atoms with Crippen molar-refractivity contribution in [3.05, 3.63) is 48.5 Å². The van der Waals surface area contributed by atoms with E-state index in [9.17, 15) is 8.42 Å². The second kappa shape index (κ2) is 11.0. The summed E-state index contributed by atoms with van der Waals surface area (Å²) in [5.74, 6) is 1.96. The number of nitrogens with one attached hydrogen (secondary N) is 2. The Morgan fingerprint density at radius 2 is 1.38 bits per heavy atom. The second-order valence-electron chi connectivity index (χ2n) is 5.40. The molecule has 2 aromatic carbocycles. The minimum absolute atomic E-state index is 0. The molecular formula is C18H25ClN2O4S. The maximum Gasteiger partial charge on any atom is 0.240 e. The zero-order chi connectivity index (χ0) is 18.1. The number of ether oxygens (including phenoxy) is 2. The van der Waals surface area contributed by atoms with Gasteiger partial charge in [-0.2, -0.15) is 0 Å². The first-order valence-corrected chi connectivity index (χ1v) is 9.66. The summed E-state index contributed by atoms with van der Waals surface area (Å²) in [4.78, 5) is 0.213. The fraction of sp³-hybridized carbons (Fsp3) is 0.333. The summed E-state index contributed by atoms with van der Waals surface area (Å²) in [6.07, 6.45) is 1.02. The first-order chi connectivity index (χ1) is 12.0. The Bertz CT molecular complexity index is 750. The molecule has 0 aliphatic heterocycles. The number of sulfonamides is 1. The normalized spacial score (nSPS) is 10.8. The van der Waals surface area contributed by atoms with Crippen LogP contribution < -0.4 is 19.5 Å². The predicted octanol–water partition coefficient (Wildman–Crippen LogP) is 3.19. The van der Waals surface area contributed by atoms with E-state index in [1.807, 2.05) is 0 Å². The van der Waals surface area contributed by atoms with Crippen LogP contribution in [-0.2, 0) is 10.0 Å². The molecule has 0 aliphatic rings. The molecule has 2 rings (SSSR count). The standard InChI is InChI=1S/C18H24N2O4S.ClH/c1-3-12-19-13-14-20-25(21,22)18-10-8-17(9-11-18)24-16-6-4-15(23-2)5-7-16;/h4-11,19-20H,3,12-14H2,1-2H3;1H. The Hall–Kier alpha value is -1.80. The number of benzene rings is 2. The molecule has 0 aromatic heterocycles. The smallest absolute Gasteiger partial charge is 0.240 e. The SMILES string of the molecule is CCCNCCNS(=O)(=O)c1ccc(Oc2ccc(OC)cc2)cc1.Cl. The number of halogens is 1. The first kappa shape index (κ1) is 22.2. The fourth-order valence-corrected chi connectivity index (χ4v) is 3.16. The molecule has 0 spiro atoms. The van der Waals surface area contributed by atoms with Gasteiger partial charge in [-0.05, 0) is 61.5 Å². The Balaban J connectivity index is 0.00000338. The van der Waals surface area contributed by atoms with Crippen molar-refractivity contribution in [2.45, 2.75) is 18.2 Å². The van der Waals surface area contributed by atoms with Gasteiger partial charge in [-0.15, -0.1) is 12.4 Å². The summed E-state index contributed by atoms with van der Waals surface area (Å²) in [5, 5.41) is 3.15. The van der Waals surface area contributed by atoms with Crippen LogP contribution in [-0.4, -0.2) is 35.2 Å². The summed E-state index contributed by atoms with van der Waals surface area (Å²) in [7, 11) is -1.91. The van der Waals surface area contributed by atoms with Crippen molar-refractivity contribution in [1.29, 1.82) is 0 Å². The van der Waals surface area contributed by atoms with Gasteiger partial charge in [0.15, 0.2) is 0 Å². The highest BCUT2D eigenvalue weighted by molar-refractivity contribution is 7.89. The van der Waals surface area contributed by atoms with Crippen LogP contribution in [0.1, 0.15) is 13.3 Å². The molecule has 0 atom stereocenters. The van der Waals surface area contributed by atoms with E-state index in [4.69, 9.17) is 9.47 Å². The lowest BCUT2D eigenvalue weighted by Crippen LogP contribution is -2.32. The zero-order valence-electron chi connectivity index (χ0n) is 14.9. The average Bonchev–Trinajstić information content (AvgIpc) is 2.62. The Labute approximate surface area is 161 Å². The number of methoxy groups -OCH3 is 1. The fourth-order valence-electron chi connectivity index (χ4n) is 2.13. The van der Waals surface area contributed by atoms with E-state index < -0.39 is 10.0 Å². The van der Waals surface area contributed by atoms with Crippen LogP contribution in [0.15, 0.2) is 53.4 Å². The molecule has 2 aromatic rings. The third kappa shape index (κ3) is 6.84. The molecule has 0 saturated carbocycles. The lowest BCUT2D eigenvalue weighted by molar-refractivity contribution is 0.413. The highest BCUT2D eigenvalue weighted by Crippen LogP contribution is 2.24. The van der Waals surface area contributed by atoms with E-state index in [1.165, 1.54) is 12.1 Å². The predicted molar refractivity (Wildman–Crippen MR) is 105 cm³/mol. The average molecular weight is 401 g/mol. The van der Waals surface area contributed by atoms with Crippen LogP contribution in [0.3, 0.4) is 0 Å². The van der Waals surface area contributed by atoms with Crippen molar-refractivity contribution < 1.29 is 17.9 Å². The van der Waals surface area contributed by atoms with E-state index in [2.05, 4.69) is 17.0 Å². The molecule has 6 nitrogen and oxygen atoms in total. The summed E-state index contributed by atoms with van der Waals surface area (Å²) >= 11 is 0. The van der Waals surface area contributed by atoms with Crippen LogP contribution in [0, 0.1) is 0 Å². The van der Waals surface area contributed by atoms with Crippen molar-refractivity contribution in [2.75, 3.05) is 26.7 Å². The van der Waals surface area contributed by atoms with E-state index in [-0.39, 0.29) is 17.3 Å². The van der Waals surface area contributed by atoms with Crippen molar-refractivity contribution in [1.82, 2.24) is 10.0 Å². The third-order valence-electron chi connectivity index (χ3n) is 3.45. The van der Waals surface area contributed by atoms with Crippen molar-refractivity contribution in [3.63, 3.8) is 0 Å². The van der Waals surface area contributed by atoms with Crippen LogP contribution in [0.5, 0.6) is 17.2 Å².